The fourth-order valence-corrected chi connectivity index (χ4v) is 5.54. The summed E-state index contributed by atoms with van der Waals surface area (Å²) in [5, 5.41) is 4.13. The highest BCUT2D eigenvalue weighted by Gasteiger charge is 2.21. The molecule has 4 aromatic rings. The van der Waals surface area contributed by atoms with Crippen LogP contribution < -0.4 is 9.73 Å². The van der Waals surface area contributed by atoms with Crippen molar-refractivity contribution in [2.75, 3.05) is 11.4 Å². The third-order valence-corrected chi connectivity index (χ3v) is 8.30. The van der Waals surface area contributed by atoms with Crippen molar-refractivity contribution in [1.82, 2.24) is 9.99 Å². The summed E-state index contributed by atoms with van der Waals surface area (Å²) >= 11 is 3.60. The maximum Gasteiger partial charge on any atom is 0.271 e. The minimum absolute atomic E-state index is 0.197. The molecule has 0 fully saturated rings. The van der Waals surface area contributed by atoms with Crippen molar-refractivity contribution in [3.05, 3.63) is 112 Å². The Hall–Kier alpha value is -3.69. The molecule has 0 aliphatic carbocycles. The highest BCUT2D eigenvalue weighted by Crippen LogP contribution is 2.26. The van der Waals surface area contributed by atoms with E-state index < -0.39 is 15.9 Å². The monoisotopic (exact) mass is 564 g/mol. The van der Waals surface area contributed by atoms with Crippen molar-refractivity contribution in [3.63, 3.8) is 0 Å². The predicted molar refractivity (Wildman–Crippen MR) is 146 cm³/mol. The van der Waals surface area contributed by atoms with Gasteiger partial charge in [-0.3, -0.25) is 9.10 Å². The summed E-state index contributed by atoms with van der Waals surface area (Å²) in [6, 6.07) is 24.5. The van der Waals surface area contributed by atoms with Crippen molar-refractivity contribution in [1.29, 1.82) is 0 Å². The van der Waals surface area contributed by atoms with Crippen LogP contribution in [0, 0.1) is 13.8 Å². The van der Waals surface area contributed by atoms with E-state index in [1.165, 1.54) is 11.4 Å². The van der Waals surface area contributed by atoms with Gasteiger partial charge in [-0.05, 0) is 84.4 Å². The van der Waals surface area contributed by atoms with Gasteiger partial charge >= 0.3 is 0 Å². The van der Waals surface area contributed by atoms with E-state index in [0.717, 1.165) is 27.1 Å². The van der Waals surface area contributed by atoms with E-state index >= 15 is 0 Å². The lowest BCUT2D eigenvalue weighted by atomic mass is 10.2. The van der Waals surface area contributed by atoms with E-state index in [-0.39, 0.29) is 4.90 Å². The lowest BCUT2D eigenvalue weighted by molar-refractivity contribution is 0.0955. The van der Waals surface area contributed by atoms with Crippen molar-refractivity contribution < 1.29 is 13.2 Å². The number of anilines is 1. The maximum atomic E-state index is 12.8. The highest BCUT2D eigenvalue weighted by molar-refractivity contribution is 9.10. The summed E-state index contributed by atoms with van der Waals surface area (Å²) in [6.07, 6.45) is 1.61. The number of rotatable bonds is 7. The zero-order valence-corrected chi connectivity index (χ0v) is 22.4. The van der Waals surface area contributed by atoms with Crippen molar-refractivity contribution in [2.24, 2.45) is 5.10 Å². The minimum Gasteiger partial charge on any atom is -0.317 e. The number of aromatic nitrogens is 1. The molecular formula is C27H25BrN4O3S. The normalized spacial score (nSPS) is 11.6. The van der Waals surface area contributed by atoms with Gasteiger partial charge in [0, 0.05) is 34.0 Å². The number of hydrazone groups is 1. The van der Waals surface area contributed by atoms with Crippen LogP contribution in [0.15, 0.2) is 99.4 Å². The summed E-state index contributed by atoms with van der Waals surface area (Å²) in [7, 11) is -2.22. The van der Waals surface area contributed by atoms with Crippen molar-refractivity contribution >= 4 is 43.8 Å². The van der Waals surface area contributed by atoms with Crippen molar-refractivity contribution in [2.45, 2.75) is 18.7 Å². The van der Waals surface area contributed by atoms with Gasteiger partial charge in [0.05, 0.1) is 22.5 Å². The SMILES string of the molecule is Cc1cc(/C=N\NC(=O)c2ccc(N(C)S(=O)(=O)c3ccccc3)cc2)c(C)n1-c1ccccc1Br. The van der Waals surface area contributed by atoms with E-state index in [0.29, 0.717) is 11.3 Å². The molecule has 9 heteroatoms. The number of nitrogens with one attached hydrogen (secondary N) is 1. The van der Waals surface area contributed by atoms with Gasteiger partial charge < -0.3 is 4.57 Å². The summed E-state index contributed by atoms with van der Waals surface area (Å²) in [5.74, 6) is -0.397. The fraction of sp³-hybridized carbons (Fsp3) is 0.111. The first-order valence-corrected chi connectivity index (χ1v) is 13.3. The second-order valence-corrected chi connectivity index (χ2v) is 11.0. The highest BCUT2D eigenvalue weighted by atomic mass is 79.9. The molecule has 7 nitrogen and oxygen atoms in total. The van der Waals surface area contributed by atoms with Gasteiger partial charge in [-0.2, -0.15) is 5.10 Å². The van der Waals surface area contributed by atoms with Crippen LogP contribution in [-0.2, 0) is 10.0 Å². The molecule has 0 bridgehead atoms. The van der Waals surface area contributed by atoms with Gasteiger partial charge in [-0.1, -0.05) is 30.3 Å². The van der Waals surface area contributed by atoms with Crippen LogP contribution in [-0.4, -0.2) is 32.2 Å². The van der Waals surface area contributed by atoms with E-state index in [2.05, 4.69) is 31.0 Å². The van der Waals surface area contributed by atoms with Gasteiger partial charge in [0.25, 0.3) is 15.9 Å². The average Bonchev–Trinajstić information content (AvgIpc) is 3.17. The number of hydrogen-bond donors (Lipinski definition) is 1. The first kappa shape index (κ1) is 25.4. The number of carbonyl (C=O) groups excluding carboxylic acids is 1. The zero-order valence-electron chi connectivity index (χ0n) is 20.0. The number of amides is 1. The molecule has 0 atom stereocenters. The molecule has 0 aliphatic rings. The molecule has 1 heterocycles. The van der Waals surface area contributed by atoms with E-state index in [1.807, 2.05) is 44.2 Å². The maximum absolute atomic E-state index is 12.8. The van der Waals surface area contributed by atoms with Crippen LogP contribution in [0.1, 0.15) is 27.3 Å². The topological polar surface area (TPSA) is 83.8 Å². The quantitative estimate of drug-likeness (QED) is 0.239. The smallest absolute Gasteiger partial charge is 0.271 e. The van der Waals surface area contributed by atoms with Crippen LogP contribution in [0.5, 0.6) is 0 Å². The molecule has 4 rings (SSSR count). The Bertz CT molecular complexity index is 1530. The Labute approximate surface area is 219 Å². The minimum atomic E-state index is -3.69. The number of benzene rings is 3. The lowest BCUT2D eigenvalue weighted by Gasteiger charge is -2.19. The van der Waals surface area contributed by atoms with Crippen LogP contribution in [0.25, 0.3) is 5.69 Å². The third-order valence-electron chi connectivity index (χ3n) is 5.83. The fourth-order valence-electron chi connectivity index (χ4n) is 3.86. The Morgan fingerprint density at radius 3 is 2.28 bits per heavy atom. The molecule has 3 aromatic carbocycles. The van der Waals surface area contributed by atoms with Gasteiger partial charge in [-0.15, -0.1) is 0 Å². The van der Waals surface area contributed by atoms with Crippen LogP contribution in [0.2, 0.25) is 0 Å². The summed E-state index contributed by atoms with van der Waals surface area (Å²) < 4.78 is 29.9. The number of carbonyl (C=O) groups is 1. The number of sulfonamides is 1. The van der Waals surface area contributed by atoms with Gasteiger partial charge in [-0.25, -0.2) is 13.8 Å². The van der Waals surface area contributed by atoms with Gasteiger partial charge in [0.2, 0.25) is 0 Å². The second-order valence-electron chi connectivity index (χ2n) is 8.14. The Kier molecular flexibility index (Phi) is 7.42. The molecule has 1 N–H and O–H groups in total. The Balaban J connectivity index is 1.45. The Morgan fingerprint density at radius 2 is 1.61 bits per heavy atom. The first-order chi connectivity index (χ1) is 17.2. The van der Waals surface area contributed by atoms with Gasteiger partial charge in [0.15, 0.2) is 0 Å². The van der Waals surface area contributed by atoms with Gasteiger partial charge in [0.1, 0.15) is 0 Å². The molecule has 0 aliphatic heterocycles. The molecule has 0 saturated heterocycles. The summed E-state index contributed by atoms with van der Waals surface area (Å²) in [6.45, 7) is 4.01. The van der Waals surface area contributed by atoms with E-state index in [4.69, 9.17) is 0 Å². The molecular weight excluding hydrogens is 540 g/mol. The zero-order chi connectivity index (χ0) is 25.9. The molecule has 1 aromatic heterocycles. The predicted octanol–water partition coefficient (Wildman–Crippen LogP) is 5.45. The van der Waals surface area contributed by atoms with E-state index in [1.54, 1.807) is 60.8 Å². The summed E-state index contributed by atoms with van der Waals surface area (Å²) in [5.41, 5.74) is 7.28. The largest absolute Gasteiger partial charge is 0.317 e. The molecule has 36 heavy (non-hydrogen) atoms. The average molecular weight is 565 g/mol. The number of nitrogens with zero attached hydrogens (tertiary/aromatic N) is 3. The standard InChI is InChI=1S/C27H25BrN4O3S/c1-19-17-22(20(2)32(19)26-12-8-7-11-25(26)28)18-29-30-27(33)21-13-15-23(16-14-21)31(3)36(34,35)24-9-5-4-6-10-24/h4-18H,1-3H3,(H,30,33)/b29-18-. The molecule has 0 saturated carbocycles. The number of para-hydroxylation sites is 1. The lowest BCUT2D eigenvalue weighted by Crippen LogP contribution is -2.26. The van der Waals surface area contributed by atoms with Crippen molar-refractivity contribution in [3.8, 4) is 5.69 Å². The molecule has 0 unspecified atom stereocenters. The molecule has 184 valence electrons. The number of halogens is 1. The van der Waals surface area contributed by atoms with Crippen LogP contribution in [0.3, 0.4) is 0 Å². The summed E-state index contributed by atoms with van der Waals surface area (Å²) in [4.78, 5) is 12.8. The van der Waals surface area contributed by atoms with Crippen LogP contribution in [0.4, 0.5) is 5.69 Å². The molecule has 0 spiro atoms. The number of aryl methyl sites for hydroxylation is 1. The third kappa shape index (κ3) is 5.12. The van der Waals surface area contributed by atoms with Crippen LogP contribution >= 0.6 is 15.9 Å². The molecule has 1 amide bonds. The number of hydrogen-bond acceptors (Lipinski definition) is 4. The Morgan fingerprint density at radius 1 is 0.972 bits per heavy atom. The second kappa shape index (κ2) is 10.5. The van der Waals surface area contributed by atoms with E-state index in [9.17, 15) is 13.2 Å². The molecule has 0 radical (unpaired) electrons. The first-order valence-electron chi connectivity index (χ1n) is 11.1.